The van der Waals surface area contributed by atoms with Crippen LogP contribution in [0.1, 0.15) is 10.4 Å². The lowest BCUT2D eigenvalue weighted by atomic mass is 10.1. The molecule has 0 aliphatic rings. The van der Waals surface area contributed by atoms with Gasteiger partial charge in [-0.15, -0.1) is 5.10 Å². The molecule has 0 spiro atoms. The highest BCUT2D eigenvalue weighted by atomic mass is 16.5. The zero-order valence-corrected chi connectivity index (χ0v) is 16.2. The number of amides is 1. The van der Waals surface area contributed by atoms with Crippen LogP contribution in [0.5, 0.6) is 5.75 Å². The maximum Gasteiger partial charge on any atom is 0.258 e. The van der Waals surface area contributed by atoms with E-state index in [1.807, 2.05) is 48.7 Å². The fourth-order valence-corrected chi connectivity index (χ4v) is 3.16. The number of benzene rings is 2. The third kappa shape index (κ3) is 3.83. The van der Waals surface area contributed by atoms with E-state index in [1.54, 1.807) is 20.3 Å². The van der Waals surface area contributed by atoms with Crippen LogP contribution >= 0.6 is 0 Å². The van der Waals surface area contributed by atoms with Gasteiger partial charge in [0.1, 0.15) is 5.75 Å². The van der Waals surface area contributed by atoms with Crippen molar-refractivity contribution >= 4 is 22.8 Å². The third-order valence-corrected chi connectivity index (χ3v) is 4.65. The molecular formula is C21H21N5O3. The lowest BCUT2D eigenvalue weighted by Gasteiger charge is -2.06. The topological polar surface area (TPSA) is 94.1 Å². The van der Waals surface area contributed by atoms with Gasteiger partial charge in [-0.25, -0.2) is 0 Å². The second-order valence-corrected chi connectivity index (χ2v) is 6.44. The van der Waals surface area contributed by atoms with Crippen molar-refractivity contribution in [2.45, 2.75) is 6.54 Å². The summed E-state index contributed by atoms with van der Waals surface area (Å²) in [5, 5.41) is 10.7. The largest absolute Gasteiger partial charge is 0.496 e. The quantitative estimate of drug-likeness (QED) is 0.504. The summed E-state index contributed by atoms with van der Waals surface area (Å²) in [4.78, 5) is 17.1. The number of nitrogens with zero attached hydrogens (tertiary/aromatic N) is 3. The van der Waals surface area contributed by atoms with Gasteiger partial charge in [-0.05, 0) is 35.7 Å². The molecule has 0 aliphatic carbocycles. The minimum absolute atomic E-state index is 0.200. The number of H-pyrrole nitrogens is 1. The van der Waals surface area contributed by atoms with Gasteiger partial charge < -0.3 is 14.0 Å². The summed E-state index contributed by atoms with van der Waals surface area (Å²) in [6.45, 7) is 1.32. The standard InChI is InChI=1S/C21H21N5O3/c1-28-12-11-26-10-9-14-7-8-15(13-17(14)26)20(27)23-21-22-19(24-25-21)16-5-3-4-6-18(16)29-2/h3-10,13H,11-12H2,1-2H3,(H2,22,23,24,25,27). The maximum absolute atomic E-state index is 12.7. The monoisotopic (exact) mass is 391 g/mol. The molecule has 2 aromatic carbocycles. The van der Waals surface area contributed by atoms with Gasteiger partial charge in [0.05, 0.1) is 19.3 Å². The van der Waals surface area contributed by atoms with Crippen LogP contribution in [-0.2, 0) is 11.3 Å². The van der Waals surface area contributed by atoms with Gasteiger partial charge in [0, 0.05) is 30.9 Å². The molecule has 0 saturated carbocycles. The van der Waals surface area contributed by atoms with Crippen LogP contribution in [0.25, 0.3) is 22.3 Å². The van der Waals surface area contributed by atoms with Crippen molar-refractivity contribution in [2.75, 3.05) is 26.1 Å². The van der Waals surface area contributed by atoms with Crippen LogP contribution in [0.3, 0.4) is 0 Å². The van der Waals surface area contributed by atoms with Crippen molar-refractivity contribution in [1.29, 1.82) is 0 Å². The molecule has 2 heterocycles. The summed E-state index contributed by atoms with van der Waals surface area (Å²) in [6, 6.07) is 15.0. The highest BCUT2D eigenvalue weighted by Gasteiger charge is 2.14. The second-order valence-electron chi connectivity index (χ2n) is 6.44. The number of carbonyl (C=O) groups excluding carboxylic acids is 1. The van der Waals surface area contributed by atoms with E-state index in [0.717, 1.165) is 16.5 Å². The van der Waals surface area contributed by atoms with E-state index in [4.69, 9.17) is 9.47 Å². The molecule has 0 radical (unpaired) electrons. The van der Waals surface area contributed by atoms with Crippen LogP contribution < -0.4 is 10.1 Å². The Balaban J connectivity index is 1.55. The van der Waals surface area contributed by atoms with Gasteiger partial charge in [-0.2, -0.15) is 4.98 Å². The lowest BCUT2D eigenvalue weighted by Crippen LogP contribution is -2.13. The Morgan fingerprint density at radius 1 is 1.17 bits per heavy atom. The molecule has 0 unspecified atom stereocenters. The molecule has 2 N–H and O–H groups in total. The summed E-state index contributed by atoms with van der Waals surface area (Å²) in [5.41, 5.74) is 2.26. The fourth-order valence-electron chi connectivity index (χ4n) is 3.16. The van der Waals surface area contributed by atoms with E-state index >= 15 is 0 Å². The van der Waals surface area contributed by atoms with E-state index < -0.39 is 0 Å². The van der Waals surface area contributed by atoms with Crippen molar-refractivity contribution in [3.63, 3.8) is 0 Å². The average molecular weight is 391 g/mol. The smallest absolute Gasteiger partial charge is 0.258 e. The van der Waals surface area contributed by atoms with Crippen LogP contribution in [0.2, 0.25) is 0 Å². The Morgan fingerprint density at radius 2 is 2.03 bits per heavy atom. The zero-order valence-electron chi connectivity index (χ0n) is 16.2. The van der Waals surface area contributed by atoms with Gasteiger partial charge in [-0.1, -0.05) is 18.2 Å². The summed E-state index contributed by atoms with van der Waals surface area (Å²) in [6.07, 6.45) is 1.99. The average Bonchev–Trinajstić information content (AvgIpc) is 3.38. The van der Waals surface area contributed by atoms with Crippen molar-refractivity contribution in [2.24, 2.45) is 0 Å². The lowest BCUT2D eigenvalue weighted by molar-refractivity contribution is 0.102. The Kier molecular flexibility index (Phi) is 5.26. The van der Waals surface area contributed by atoms with Gasteiger partial charge in [0.2, 0.25) is 5.95 Å². The van der Waals surface area contributed by atoms with Crippen LogP contribution in [0.4, 0.5) is 5.95 Å². The number of nitrogens with one attached hydrogen (secondary N) is 2. The molecule has 4 rings (SSSR count). The fraction of sp³-hybridized carbons (Fsp3) is 0.190. The Morgan fingerprint density at radius 3 is 2.86 bits per heavy atom. The van der Waals surface area contributed by atoms with Crippen LogP contribution in [0.15, 0.2) is 54.7 Å². The number of hydrogen-bond donors (Lipinski definition) is 2. The van der Waals surface area contributed by atoms with Crippen molar-refractivity contribution in [1.82, 2.24) is 19.7 Å². The second kappa shape index (κ2) is 8.15. The minimum Gasteiger partial charge on any atom is -0.496 e. The molecule has 0 bridgehead atoms. The number of aromatic amines is 1. The normalized spacial score (nSPS) is 11.0. The molecule has 1 amide bonds. The van der Waals surface area contributed by atoms with E-state index in [-0.39, 0.29) is 11.9 Å². The number of anilines is 1. The van der Waals surface area contributed by atoms with Crippen LogP contribution in [-0.4, -0.2) is 46.5 Å². The van der Waals surface area contributed by atoms with Crippen molar-refractivity contribution in [3.8, 4) is 17.1 Å². The number of fused-ring (bicyclic) bond motifs is 1. The van der Waals surface area contributed by atoms with Gasteiger partial charge in [-0.3, -0.25) is 15.2 Å². The number of hydrogen-bond acceptors (Lipinski definition) is 5. The van der Waals surface area contributed by atoms with E-state index in [1.165, 1.54) is 0 Å². The number of ether oxygens (including phenoxy) is 2. The maximum atomic E-state index is 12.7. The SMILES string of the molecule is COCCn1ccc2ccc(C(=O)Nc3n[nH]c(-c4ccccc4OC)n3)cc21. The molecule has 0 fully saturated rings. The molecule has 0 atom stereocenters. The van der Waals surface area contributed by atoms with Gasteiger partial charge in [0.25, 0.3) is 5.91 Å². The predicted octanol–water partition coefficient (Wildman–Crippen LogP) is 3.33. The number of methoxy groups -OCH3 is 2. The van der Waals surface area contributed by atoms with Gasteiger partial charge in [0.15, 0.2) is 5.82 Å². The first-order valence-electron chi connectivity index (χ1n) is 9.14. The molecule has 4 aromatic rings. The van der Waals surface area contributed by atoms with Crippen LogP contribution in [0, 0.1) is 0 Å². The first-order valence-corrected chi connectivity index (χ1v) is 9.14. The van der Waals surface area contributed by atoms with E-state index in [2.05, 4.69) is 25.1 Å². The first-order chi connectivity index (χ1) is 14.2. The van der Waals surface area contributed by atoms with Crippen molar-refractivity contribution < 1.29 is 14.3 Å². The minimum atomic E-state index is -0.281. The summed E-state index contributed by atoms with van der Waals surface area (Å²) >= 11 is 0. The van der Waals surface area contributed by atoms with Crippen molar-refractivity contribution in [3.05, 3.63) is 60.3 Å². The summed E-state index contributed by atoms with van der Waals surface area (Å²) in [7, 11) is 3.26. The highest BCUT2D eigenvalue weighted by Crippen LogP contribution is 2.27. The number of carbonyl (C=O) groups is 1. The summed E-state index contributed by atoms with van der Waals surface area (Å²) in [5.74, 6) is 1.10. The Bertz CT molecular complexity index is 1150. The predicted molar refractivity (Wildman–Crippen MR) is 110 cm³/mol. The Hall–Kier alpha value is -3.65. The third-order valence-electron chi connectivity index (χ3n) is 4.65. The molecule has 0 aliphatic heterocycles. The molecule has 29 heavy (non-hydrogen) atoms. The molecule has 148 valence electrons. The Labute approximate surface area is 167 Å². The molecule has 8 heteroatoms. The first kappa shape index (κ1) is 18.7. The number of aromatic nitrogens is 4. The zero-order chi connectivity index (χ0) is 20.2. The van der Waals surface area contributed by atoms with E-state index in [9.17, 15) is 4.79 Å². The molecule has 0 saturated heterocycles. The number of rotatable bonds is 7. The van der Waals surface area contributed by atoms with E-state index in [0.29, 0.717) is 30.3 Å². The molecular weight excluding hydrogens is 370 g/mol. The highest BCUT2D eigenvalue weighted by molar-refractivity contribution is 6.05. The number of para-hydroxylation sites is 1. The summed E-state index contributed by atoms with van der Waals surface area (Å²) < 4.78 is 12.6. The van der Waals surface area contributed by atoms with Gasteiger partial charge >= 0.3 is 0 Å². The molecule has 2 aromatic heterocycles. The molecule has 8 nitrogen and oxygen atoms in total.